The minimum absolute atomic E-state index is 0.128. The van der Waals surface area contributed by atoms with Crippen LogP contribution in [0.15, 0.2) is 29.2 Å². The smallest absolute Gasteiger partial charge is 0.243 e. The van der Waals surface area contributed by atoms with Crippen molar-refractivity contribution in [1.82, 2.24) is 4.31 Å². The molecule has 1 aromatic rings. The van der Waals surface area contributed by atoms with Crippen molar-refractivity contribution < 1.29 is 13.2 Å². The van der Waals surface area contributed by atoms with Gasteiger partial charge in [0.15, 0.2) is 0 Å². The molecule has 0 aliphatic carbocycles. The van der Waals surface area contributed by atoms with E-state index < -0.39 is 21.3 Å². The van der Waals surface area contributed by atoms with Gasteiger partial charge in [-0.2, -0.15) is 4.31 Å². The van der Waals surface area contributed by atoms with Gasteiger partial charge < -0.3 is 11.5 Å². The molecule has 1 heterocycles. The molecule has 1 amide bonds. The number of nitrogens with zero attached hydrogens (tertiary/aromatic N) is 1. The normalized spacial score (nSPS) is 23.9. The fourth-order valence-electron chi connectivity index (χ4n) is 2.27. The van der Waals surface area contributed by atoms with Crippen molar-refractivity contribution in [3.8, 4) is 0 Å². The van der Waals surface area contributed by atoms with E-state index in [4.69, 9.17) is 11.5 Å². The van der Waals surface area contributed by atoms with Crippen LogP contribution in [-0.2, 0) is 21.4 Å². The van der Waals surface area contributed by atoms with E-state index in [2.05, 4.69) is 0 Å². The van der Waals surface area contributed by atoms with E-state index in [-0.39, 0.29) is 11.4 Å². The number of sulfonamides is 1. The molecule has 1 fully saturated rings. The van der Waals surface area contributed by atoms with E-state index >= 15 is 0 Å². The topological polar surface area (TPSA) is 106 Å². The zero-order valence-corrected chi connectivity index (χ0v) is 12.2. The maximum atomic E-state index is 12.5. The Kier molecular flexibility index (Phi) is 3.86. The van der Waals surface area contributed by atoms with Crippen molar-refractivity contribution >= 4 is 15.9 Å². The summed E-state index contributed by atoms with van der Waals surface area (Å²) in [5, 5.41) is 0. The zero-order valence-electron chi connectivity index (χ0n) is 11.4. The van der Waals surface area contributed by atoms with Gasteiger partial charge in [0.2, 0.25) is 15.9 Å². The largest absolute Gasteiger partial charge is 0.369 e. The molecule has 1 aromatic carbocycles. The molecule has 1 saturated heterocycles. The molecule has 20 heavy (non-hydrogen) atoms. The average Bonchev–Trinajstić information content (AvgIpc) is 2.84. The molecule has 0 spiro atoms. The summed E-state index contributed by atoms with van der Waals surface area (Å²) in [5.74, 6) is -0.464. The number of carbonyl (C=O) groups excluding carboxylic acids is 1. The minimum Gasteiger partial charge on any atom is -0.369 e. The van der Waals surface area contributed by atoms with Gasteiger partial charge in [-0.05, 0) is 31.0 Å². The molecule has 110 valence electrons. The molecule has 4 N–H and O–H groups in total. The standard InChI is InChI=1S/C13H19N3O3S/c1-13(12(15)17)6-7-16(9-13)20(18,19)11-4-2-10(8-14)3-5-11/h2-5H,6-9,14H2,1H3,(H2,15,17). The molecule has 1 unspecified atom stereocenters. The first-order valence-electron chi connectivity index (χ1n) is 6.39. The number of hydrogen-bond acceptors (Lipinski definition) is 4. The van der Waals surface area contributed by atoms with Crippen LogP contribution in [0.2, 0.25) is 0 Å². The lowest BCUT2D eigenvalue weighted by molar-refractivity contribution is -0.126. The number of nitrogens with two attached hydrogens (primary N) is 2. The van der Waals surface area contributed by atoms with Crippen molar-refractivity contribution in [2.24, 2.45) is 16.9 Å². The predicted molar refractivity (Wildman–Crippen MR) is 75.0 cm³/mol. The summed E-state index contributed by atoms with van der Waals surface area (Å²) in [4.78, 5) is 11.6. The number of benzene rings is 1. The van der Waals surface area contributed by atoms with Crippen LogP contribution in [0.25, 0.3) is 0 Å². The molecule has 1 aliphatic rings. The summed E-state index contributed by atoms with van der Waals surface area (Å²) in [5.41, 5.74) is 10.9. The van der Waals surface area contributed by atoms with Crippen LogP contribution in [0.3, 0.4) is 0 Å². The first kappa shape index (κ1) is 15.0. The monoisotopic (exact) mass is 297 g/mol. The third-order valence-corrected chi connectivity index (χ3v) is 5.69. The van der Waals surface area contributed by atoms with Crippen LogP contribution < -0.4 is 11.5 Å². The number of amides is 1. The Hall–Kier alpha value is -1.44. The number of hydrogen-bond donors (Lipinski definition) is 2. The molecular weight excluding hydrogens is 278 g/mol. The van der Waals surface area contributed by atoms with Crippen LogP contribution in [0.1, 0.15) is 18.9 Å². The Morgan fingerprint density at radius 3 is 2.40 bits per heavy atom. The van der Waals surface area contributed by atoms with Crippen molar-refractivity contribution in [3.05, 3.63) is 29.8 Å². The zero-order chi connectivity index (χ0) is 15.0. The summed E-state index contributed by atoms with van der Waals surface area (Å²) in [6.07, 6.45) is 0.447. The van der Waals surface area contributed by atoms with Crippen molar-refractivity contribution in [2.45, 2.75) is 24.8 Å². The van der Waals surface area contributed by atoms with Gasteiger partial charge in [0.25, 0.3) is 0 Å². The maximum absolute atomic E-state index is 12.5. The van der Waals surface area contributed by atoms with Crippen LogP contribution in [0.4, 0.5) is 0 Å². The molecule has 0 aromatic heterocycles. The highest BCUT2D eigenvalue weighted by Gasteiger charge is 2.43. The van der Waals surface area contributed by atoms with Crippen LogP contribution in [0, 0.1) is 5.41 Å². The highest BCUT2D eigenvalue weighted by Crippen LogP contribution is 2.33. The molecule has 7 heteroatoms. The first-order chi connectivity index (χ1) is 9.29. The Bertz CT molecular complexity index is 612. The average molecular weight is 297 g/mol. The second-order valence-corrected chi connectivity index (χ2v) is 7.30. The third kappa shape index (κ3) is 2.56. The predicted octanol–water partition coefficient (Wildman–Crippen LogP) is 0.0313. The Labute approximate surface area is 118 Å². The molecular formula is C13H19N3O3S. The van der Waals surface area contributed by atoms with Crippen molar-refractivity contribution in [2.75, 3.05) is 13.1 Å². The Morgan fingerprint density at radius 2 is 1.95 bits per heavy atom. The third-order valence-electron chi connectivity index (χ3n) is 3.83. The second-order valence-electron chi connectivity index (χ2n) is 5.36. The van der Waals surface area contributed by atoms with Gasteiger partial charge in [0.1, 0.15) is 0 Å². The highest BCUT2D eigenvalue weighted by atomic mass is 32.2. The lowest BCUT2D eigenvalue weighted by atomic mass is 9.89. The van der Waals surface area contributed by atoms with Crippen molar-refractivity contribution in [1.29, 1.82) is 0 Å². The van der Waals surface area contributed by atoms with E-state index in [0.717, 1.165) is 5.56 Å². The second kappa shape index (κ2) is 5.16. The van der Waals surface area contributed by atoms with Gasteiger partial charge in [0, 0.05) is 19.6 Å². The fraction of sp³-hybridized carbons (Fsp3) is 0.462. The fourth-order valence-corrected chi connectivity index (χ4v) is 3.84. The van der Waals surface area contributed by atoms with Gasteiger partial charge >= 0.3 is 0 Å². The molecule has 6 nitrogen and oxygen atoms in total. The molecule has 0 saturated carbocycles. The highest BCUT2D eigenvalue weighted by molar-refractivity contribution is 7.89. The van der Waals surface area contributed by atoms with E-state index in [1.165, 1.54) is 16.4 Å². The van der Waals surface area contributed by atoms with Gasteiger partial charge in [-0.15, -0.1) is 0 Å². The van der Waals surface area contributed by atoms with Crippen molar-refractivity contribution in [3.63, 3.8) is 0 Å². The maximum Gasteiger partial charge on any atom is 0.243 e. The van der Waals surface area contributed by atoms with E-state index in [9.17, 15) is 13.2 Å². The van der Waals surface area contributed by atoms with Gasteiger partial charge in [-0.25, -0.2) is 8.42 Å². The van der Waals surface area contributed by atoms with Gasteiger partial charge in [0.05, 0.1) is 10.3 Å². The van der Waals surface area contributed by atoms with Gasteiger partial charge in [-0.1, -0.05) is 12.1 Å². The number of rotatable bonds is 4. The summed E-state index contributed by atoms with van der Waals surface area (Å²) >= 11 is 0. The summed E-state index contributed by atoms with van der Waals surface area (Å²) in [6.45, 7) is 2.50. The molecule has 1 atom stereocenters. The lowest BCUT2D eigenvalue weighted by Crippen LogP contribution is -2.38. The van der Waals surface area contributed by atoms with E-state index in [1.807, 2.05) is 0 Å². The SMILES string of the molecule is CC1(C(N)=O)CCN(S(=O)(=O)c2ccc(CN)cc2)C1. The summed E-state index contributed by atoms with van der Waals surface area (Å²) in [7, 11) is -3.58. The van der Waals surface area contributed by atoms with Crippen LogP contribution in [0.5, 0.6) is 0 Å². The molecule has 0 bridgehead atoms. The lowest BCUT2D eigenvalue weighted by Gasteiger charge is -2.21. The Balaban J connectivity index is 2.25. The van der Waals surface area contributed by atoms with Crippen LogP contribution in [-0.4, -0.2) is 31.7 Å². The van der Waals surface area contributed by atoms with E-state index in [0.29, 0.717) is 19.5 Å². The summed E-state index contributed by atoms with van der Waals surface area (Å²) in [6, 6.07) is 6.46. The van der Waals surface area contributed by atoms with E-state index in [1.54, 1.807) is 19.1 Å². The number of carbonyl (C=O) groups is 1. The molecule has 2 rings (SSSR count). The summed E-state index contributed by atoms with van der Waals surface area (Å²) < 4.78 is 26.3. The minimum atomic E-state index is -3.58. The van der Waals surface area contributed by atoms with Gasteiger partial charge in [-0.3, -0.25) is 4.79 Å². The number of primary amides is 1. The first-order valence-corrected chi connectivity index (χ1v) is 7.83. The quantitative estimate of drug-likeness (QED) is 0.817. The molecule has 0 radical (unpaired) electrons. The van der Waals surface area contributed by atoms with Crippen LogP contribution >= 0.6 is 0 Å². The molecule has 1 aliphatic heterocycles. The Morgan fingerprint density at radius 1 is 1.35 bits per heavy atom.